The van der Waals surface area contributed by atoms with E-state index in [0.717, 1.165) is 66.9 Å². The van der Waals surface area contributed by atoms with Gasteiger partial charge in [0.1, 0.15) is 5.69 Å². The fourth-order valence-corrected chi connectivity index (χ4v) is 9.74. The topological polar surface area (TPSA) is 277 Å². The zero-order chi connectivity index (χ0) is 59.8. The largest absolute Gasteiger partial charge is 0.382 e. The van der Waals surface area contributed by atoms with Crippen molar-refractivity contribution in [2.24, 2.45) is 5.10 Å². The molecule has 2 aliphatic rings. The Labute approximate surface area is 494 Å². The molecule has 23 nitrogen and oxygen atoms in total. The molecule has 0 saturated heterocycles. The van der Waals surface area contributed by atoms with Crippen molar-refractivity contribution < 1.29 is 47.7 Å². The highest BCUT2D eigenvalue weighted by atomic mass is 16.6. The quantitative estimate of drug-likeness (QED) is 0.00772. The Morgan fingerprint density at radius 2 is 1.25 bits per heavy atom. The molecule has 0 spiro atoms. The minimum absolute atomic E-state index is 0.0203. The number of carbonyl (C=O) groups excluding carboxylic acids is 6. The van der Waals surface area contributed by atoms with Crippen LogP contribution in [0.3, 0.4) is 0 Å². The SMILES string of the molecule is C/C(CCCC(=N)N(C)CCNc1c2ccccc2nc2ccccc12)=N/NC(=O)CCCn1nnc2c1-c1ccccc1CN(C(=O)CCNC(=O)CCOCCOCCOCCOCCNC(=O)CCN1C(=O)C=CC1=O)c1ccccc1-2. The molecular weight excluding hydrogens is 1090 g/mol. The number of amidine groups is 1. The van der Waals surface area contributed by atoms with Crippen molar-refractivity contribution in [3.63, 3.8) is 0 Å². The molecule has 0 radical (unpaired) electrons. The van der Waals surface area contributed by atoms with Crippen molar-refractivity contribution >= 4 is 80.2 Å². The lowest BCUT2D eigenvalue weighted by Gasteiger charge is -2.28. The highest BCUT2D eigenvalue weighted by Gasteiger charge is 2.29. The van der Waals surface area contributed by atoms with Gasteiger partial charge in [-0.15, -0.1) is 5.10 Å². The van der Waals surface area contributed by atoms with Gasteiger partial charge in [-0.2, -0.15) is 5.10 Å². The molecule has 23 heteroatoms. The van der Waals surface area contributed by atoms with E-state index in [4.69, 9.17) is 29.3 Å². The van der Waals surface area contributed by atoms with Crippen LogP contribution in [-0.2, 0) is 60.8 Å². The molecule has 0 aliphatic carbocycles. The minimum Gasteiger partial charge on any atom is -0.382 e. The summed E-state index contributed by atoms with van der Waals surface area (Å²) in [6.07, 6.45) is 5.19. The molecule has 8 rings (SSSR count). The Kier molecular flexibility index (Phi) is 23.7. The van der Waals surface area contributed by atoms with Crippen molar-refractivity contribution in [2.75, 3.05) is 103 Å². The third-order valence-corrected chi connectivity index (χ3v) is 14.3. The molecule has 0 unspecified atom stereocenters. The molecule has 5 N–H and O–H groups in total. The average molecular weight is 1160 g/mol. The molecule has 2 aromatic heterocycles. The predicted molar refractivity (Wildman–Crippen MR) is 324 cm³/mol. The normalized spacial score (nSPS) is 12.8. The van der Waals surface area contributed by atoms with Crippen LogP contribution in [-0.4, -0.2) is 169 Å². The third kappa shape index (κ3) is 18.1. The van der Waals surface area contributed by atoms with Gasteiger partial charge in [-0.25, -0.2) is 15.1 Å². The van der Waals surface area contributed by atoms with Crippen LogP contribution in [0.15, 0.2) is 114 Å². The number of hydrazone groups is 1. The lowest BCUT2D eigenvalue weighted by molar-refractivity contribution is -0.137. The van der Waals surface area contributed by atoms with E-state index in [2.05, 4.69) is 48.9 Å². The minimum atomic E-state index is -0.418. The van der Waals surface area contributed by atoms with Crippen LogP contribution in [0.2, 0.25) is 0 Å². The van der Waals surface area contributed by atoms with E-state index in [1.165, 1.54) is 12.2 Å². The van der Waals surface area contributed by atoms with Crippen molar-refractivity contribution in [1.29, 1.82) is 5.41 Å². The van der Waals surface area contributed by atoms with Gasteiger partial charge >= 0.3 is 0 Å². The van der Waals surface area contributed by atoms with Crippen LogP contribution in [0.4, 0.5) is 11.4 Å². The number of likely N-dealkylation sites (N-methyl/N-ethyl adjacent to an activating group) is 1. The number of carbonyl (C=O) groups is 6. The smallest absolute Gasteiger partial charge is 0.253 e. The van der Waals surface area contributed by atoms with E-state index >= 15 is 0 Å². The summed E-state index contributed by atoms with van der Waals surface area (Å²) in [7, 11) is 1.94. The second-order valence-electron chi connectivity index (χ2n) is 20.4. The summed E-state index contributed by atoms with van der Waals surface area (Å²) in [6, 6.07) is 31.7. The molecule has 0 atom stereocenters. The number of nitrogens with one attached hydrogen (secondary N) is 5. The van der Waals surface area contributed by atoms with E-state index in [1.54, 1.807) is 4.90 Å². The Morgan fingerprint density at radius 3 is 1.96 bits per heavy atom. The number of imide groups is 1. The third-order valence-electron chi connectivity index (χ3n) is 14.3. The van der Waals surface area contributed by atoms with Crippen LogP contribution in [0.5, 0.6) is 0 Å². The van der Waals surface area contributed by atoms with E-state index in [9.17, 15) is 28.8 Å². The highest BCUT2D eigenvalue weighted by molar-refractivity contribution is 6.13. The molecule has 0 saturated carbocycles. The number of amides is 6. The first-order chi connectivity index (χ1) is 41.4. The van der Waals surface area contributed by atoms with Gasteiger partial charge in [-0.1, -0.05) is 84.1 Å². The van der Waals surface area contributed by atoms with Gasteiger partial charge in [0.15, 0.2) is 0 Å². The number of pyridine rings is 1. The first-order valence-corrected chi connectivity index (χ1v) is 28.9. The number of hydrogen-bond acceptors (Lipinski definition) is 16. The number of hydrogen-bond donors (Lipinski definition) is 5. The first-order valence-electron chi connectivity index (χ1n) is 28.9. The van der Waals surface area contributed by atoms with Gasteiger partial charge in [0.2, 0.25) is 23.6 Å². The summed E-state index contributed by atoms with van der Waals surface area (Å²) in [5, 5.41) is 33.5. The molecule has 4 aromatic carbocycles. The maximum absolute atomic E-state index is 14.0. The molecule has 2 aliphatic heterocycles. The van der Waals surface area contributed by atoms with Crippen molar-refractivity contribution in [2.45, 2.75) is 71.4 Å². The van der Waals surface area contributed by atoms with E-state index in [-0.39, 0.29) is 88.7 Å². The number of anilines is 2. The zero-order valence-electron chi connectivity index (χ0n) is 48.3. The Bertz CT molecular complexity index is 3290. The molecule has 6 amide bonds. The molecular formula is C62H75N13O10. The summed E-state index contributed by atoms with van der Waals surface area (Å²) in [5.74, 6) is -1.21. The number of benzene rings is 4. The number of para-hydroxylation sites is 3. The van der Waals surface area contributed by atoms with E-state index in [1.807, 2.05) is 108 Å². The number of fused-ring (bicyclic) bond motifs is 7. The summed E-state index contributed by atoms with van der Waals surface area (Å²) in [5.41, 5.74) is 11.0. The molecule has 4 heterocycles. The first kappa shape index (κ1) is 62.3. The van der Waals surface area contributed by atoms with Crippen LogP contribution in [0.1, 0.15) is 63.9 Å². The van der Waals surface area contributed by atoms with Gasteiger partial charge in [-0.3, -0.25) is 39.1 Å². The maximum Gasteiger partial charge on any atom is 0.253 e. The van der Waals surface area contributed by atoms with Crippen LogP contribution >= 0.6 is 0 Å². The molecule has 6 aromatic rings. The van der Waals surface area contributed by atoms with Gasteiger partial charge in [0.25, 0.3) is 11.8 Å². The highest BCUT2D eigenvalue weighted by Crippen LogP contribution is 2.41. The number of aromatic nitrogens is 4. The Hall–Kier alpha value is -8.77. The van der Waals surface area contributed by atoms with Crippen molar-refractivity contribution in [3.05, 3.63) is 115 Å². The number of aryl methyl sites for hydroxylation is 1. The summed E-state index contributed by atoms with van der Waals surface area (Å²) >= 11 is 0. The molecule has 0 fully saturated rings. The molecule has 0 bridgehead atoms. The van der Waals surface area contributed by atoms with Crippen molar-refractivity contribution in [1.82, 2.24) is 45.8 Å². The van der Waals surface area contributed by atoms with Crippen LogP contribution in [0, 0.1) is 5.41 Å². The summed E-state index contributed by atoms with van der Waals surface area (Å²) < 4.78 is 23.9. The maximum atomic E-state index is 14.0. The van der Waals surface area contributed by atoms with Crippen LogP contribution in [0.25, 0.3) is 44.3 Å². The second-order valence-corrected chi connectivity index (χ2v) is 20.4. The molecule has 85 heavy (non-hydrogen) atoms. The van der Waals surface area contributed by atoms with Gasteiger partial charge < -0.3 is 44.7 Å². The second kappa shape index (κ2) is 32.3. The Morgan fingerprint density at radius 1 is 0.635 bits per heavy atom. The standard InChI is InChI=1S/C62H75N13O10/c1-44(13-11-22-53(63)72(2)34-30-66-60-47-16-5-8-19-50(47)67-51-20-9-6-17-48(51)60)68-69-56(78)23-12-32-75-62-46-15-4-3-14-45(46)43-74(52-21-10-7-18-49(52)61(62)70-71-75)59(81)26-29-64-55(77)28-35-82-37-39-84-41-42-85-40-38-83-36-31-65-54(76)27-33-73-57(79)24-25-58(73)80/h3-10,14-21,24-25,63H,11-13,22-23,26-43H2,1-2H3,(H,64,77)(H,65,76)(H,66,67)(H,69,78)/b63-53?,68-44-. The lowest BCUT2D eigenvalue weighted by atomic mass is 9.95. The monoisotopic (exact) mass is 1160 g/mol. The van der Waals surface area contributed by atoms with Crippen LogP contribution < -0.4 is 26.3 Å². The Balaban J connectivity index is 0.689. The predicted octanol–water partition coefficient (Wildman–Crippen LogP) is 6.02. The average Bonchev–Trinajstić information content (AvgIpc) is 2.33. The van der Waals surface area contributed by atoms with Gasteiger partial charge in [0, 0.05) is 118 Å². The van der Waals surface area contributed by atoms with E-state index < -0.39 is 11.8 Å². The summed E-state index contributed by atoms with van der Waals surface area (Å²) in [6.45, 7) is 6.80. The number of nitrogens with zero attached hydrogens (tertiary/aromatic N) is 8. The number of rotatable bonds is 34. The molecule has 448 valence electrons. The van der Waals surface area contributed by atoms with Gasteiger partial charge in [0.05, 0.1) is 93.3 Å². The lowest BCUT2D eigenvalue weighted by Crippen LogP contribution is -2.35. The fourth-order valence-electron chi connectivity index (χ4n) is 9.74. The van der Waals surface area contributed by atoms with Gasteiger partial charge in [-0.05, 0) is 49.9 Å². The fraction of sp³-hybridized carbons (Fsp3) is 0.403. The number of ether oxygens (including phenoxy) is 4. The summed E-state index contributed by atoms with van der Waals surface area (Å²) in [4.78, 5) is 84.4. The van der Waals surface area contributed by atoms with Crippen molar-refractivity contribution in [3.8, 4) is 22.5 Å². The zero-order valence-corrected chi connectivity index (χ0v) is 48.3. The van der Waals surface area contributed by atoms with E-state index in [0.29, 0.717) is 95.8 Å².